The number of hydrogen-bond donors (Lipinski definition) is 0. The molecule has 34 heavy (non-hydrogen) atoms. The molecule has 2 heteroatoms. The van der Waals surface area contributed by atoms with Crippen molar-refractivity contribution in [1.82, 2.24) is 0 Å². The molecule has 0 bridgehead atoms. The van der Waals surface area contributed by atoms with Crippen LogP contribution in [-0.2, 0) is 0 Å². The third kappa shape index (κ3) is 4.62. The minimum Gasteiger partial charge on any atom is -0.0650 e. The van der Waals surface area contributed by atoms with E-state index < -0.39 is 16.1 Å². The number of hydrogen-bond acceptors (Lipinski definition) is 0. The first-order valence-electron chi connectivity index (χ1n) is 12.5. The number of rotatable bonds is 7. The largest absolute Gasteiger partial charge is 0.0883 e. The van der Waals surface area contributed by atoms with Gasteiger partial charge in [0.25, 0.3) is 0 Å². The Morgan fingerprint density at radius 3 is 1.03 bits per heavy atom. The van der Waals surface area contributed by atoms with Gasteiger partial charge in [-0.2, -0.15) is 0 Å². The Hall–Kier alpha value is -2.69. The Labute approximate surface area is 208 Å². The average molecular weight is 479 g/mol. The predicted octanol–water partition coefficient (Wildman–Crippen LogP) is 7.48. The smallest absolute Gasteiger partial charge is 0.0650 e. The van der Waals surface area contributed by atoms with E-state index in [1.54, 1.807) is 10.4 Å². The van der Waals surface area contributed by atoms with Gasteiger partial charge in [-0.25, -0.2) is 0 Å². The zero-order valence-corrected chi connectivity index (χ0v) is 23.5. The van der Waals surface area contributed by atoms with Crippen molar-refractivity contribution in [3.05, 3.63) is 131 Å². The van der Waals surface area contributed by atoms with Crippen LogP contribution in [0.3, 0.4) is 0 Å². The van der Waals surface area contributed by atoms with E-state index >= 15 is 0 Å². The molecular formula is C32H38Si2. The highest BCUT2D eigenvalue weighted by atomic mass is 28.3. The van der Waals surface area contributed by atoms with E-state index in [1.807, 2.05) is 0 Å². The van der Waals surface area contributed by atoms with Gasteiger partial charge >= 0.3 is 0 Å². The molecule has 0 heterocycles. The highest BCUT2D eigenvalue weighted by Crippen LogP contribution is 2.46. The third-order valence-electron chi connectivity index (χ3n) is 7.97. The maximum absolute atomic E-state index is 2.60. The van der Waals surface area contributed by atoms with Gasteiger partial charge in [0.05, 0.1) is 16.1 Å². The second-order valence-electron chi connectivity index (χ2n) is 10.8. The zero-order chi connectivity index (χ0) is 24.3. The lowest BCUT2D eigenvalue weighted by Crippen LogP contribution is -2.58. The summed E-state index contributed by atoms with van der Waals surface area (Å²) in [6.45, 7) is 15.0. The van der Waals surface area contributed by atoms with Crippen LogP contribution in [-0.4, -0.2) is 16.1 Å². The molecule has 0 spiro atoms. The first kappa shape index (κ1) is 24.4. The van der Waals surface area contributed by atoms with Crippen LogP contribution in [0.2, 0.25) is 26.2 Å². The summed E-state index contributed by atoms with van der Waals surface area (Å²) in [5.74, 6) is 0. The van der Waals surface area contributed by atoms with E-state index in [0.717, 1.165) is 0 Å². The van der Waals surface area contributed by atoms with Gasteiger partial charge in [-0.05, 0) is 47.2 Å². The van der Waals surface area contributed by atoms with E-state index in [-0.39, 0.29) is 0 Å². The molecule has 0 saturated heterocycles. The molecule has 0 radical (unpaired) electrons. The SMILES string of the molecule is Cc1ccccc1C(C(c1ccccc1C)[Si](C)(C)c1ccccc1)[Si](C)(C)c1ccccc1. The molecule has 4 aromatic rings. The van der Waals surface area contributed by atoms with E-state index in [4.69, 9.17) is 0 Å². The van der Waals surface area contributed by atoms with Crippen molar-refractivity contribution < 1.29 is 0 Å². The van der Waals surface area contributed by atoms with Gasteiger partial charge in [-0.1, -0.05) is 146 Å². The van der Waals surface area contributed by atoms with Gasteiger partial charge in [-0.15, -0.1) is 0 Å². The fraction of sp³-hybridized carbons (Fsp3) is 0.250. The van der Waals surface area contributed by atoms with Gasteiger partial charge in [-0.3, -0.25) is 0 Å². The minimum absolute atomic E-state index is 0.471. The van der Waals surface area contributed by atoms with Gasteiger partial charge in [0.2, 0.25) is 0 Å². The van der Waals surface area contributed by atoms with Crippen molar-refractivity contribution in [2.24, 2.45) is 0 Å². The molecule has 0 saturated carbocycles. The van der Waals surface area contributed by atoms with Crippen molar-refractivity contribution in [3.8, 4) is 0 Å². The van der Waals surface area contributed by atoms with E-state index in [0.29, 0.717) is 11.1 Å². The topological polar surface area (TPSA) is 0 Å². The molecule has 0 nitrogen and oxygen atoms in total. The Bertz CT molecular complexity index is 1130. The molecule has 0 aliphatic rings. The summed E-state index contributed by atoms with van der Waals surface area (Å²) in [6, 6.07) is 41.0. The van der Waals surface area contributed by atoms with Crippen molar-refractivity contribution in [3.63, 3.8) is 0 Å². The van der Waals surface area contributed by atoms with Gasteiger partial charge in [0.1, 0.15) is 0 Å². The summed E-state index contributed by atoms with van der Waals surface area (Å²) in [5.41, 5.74) is 6.85. The lowest BCUT2D eigenvalue weighted by atomic mass is 9.96. The van der Waals surface area contributed by atoms with E-state index in [9.17, 15) is 0 Å². The lowest BCUT2D eigenvalue weighted by Gasteiger charge is -2.47. The second-order valence-corrected chi connectivity index (χ2v) is 20.1. The van der Waals surface area contributed by atoms with Crippen LogP contribution < -0.4 is 10.4 Å². The van der Waals surface area contributed by atoms with Crippen molar-refractivity contribution in [2.75, 3.05) is 0 Å². The molecule has 0 aromatic heterocycles. The summed E-state index contributed by atoms with van der Waals surface area (Å²) in [4.78, 5) is 0. The minimum atomic E-state index is -1.96. The molecule has 0 N–H and O–H groups in total. The second kappa shape index (κ2) is 9.89. The molecule has 4 aromatic carbocycles. The summed E-state index contributed by atoms with van der Waals surface area (Å²) in [5, 5.41) is 3.08. The van der Waals surface area contributed by atoms with Gasteiger partial charge in [0, 0.05) is 0 Å². The summed E-state index contributed by atoms with van der Waals surface area (Å²) in [7, 11) is -3.92. The number of benzene rings is 4. The van der Waals surface area contributed by atoms with Crippen LogP contribution >= 0.6 is 0 Å². The normalized spacial score (nSPS) is 13.9. The van der Waals surface area contributed by atoms with Crippen LogP contribution in [0.25, 0.3) is 0 Å². The Kier molecular flexibility index (Phi) is 7.11. The molecular weight excluding hydrogens is 441 g/mol. The van der Waals surface area contributed by atoms with Gasteiger partial charge < -0.3 is 0 Å². The van der Waals surface area contributed by atoms with E-state index in [1.165, 1.54) is 22.3 Å². The van der Waals surface area contributed by atoms with Crippen LogP contribution in [0.4, 0.5) is 0 Å². The van der Waals surface area contributed by atoms with E-state index in [2.05, 4.69) is 149 Å². The lowest BCUT2D eigenvalue weighted by molar-refractivity contribution is 0.805. The third-order valence-corrected chi connectivity index (χ3v) is 16.3. The first-order chi connectivity index (χ1) is 16.2. The number of aryl methyl sites for hydroxylation is 2. The maximum atomic E-state index is 2.60. The van der Waals surface area contributed by atoms with Crippen LogP contribution in [0.15, 0.2) is 109 Å². The average Bonchev–Trinajstić information content (AvgIpc) is 2.85. The summed E-state index contributed by atoms with van der Waals surface area (Å²) >= 11 is 0. The molecule has 0 fully saturated rings. The monoisotopic (exact) mass is 478 g/mol. The van der Waals surface area contributed by atoms with Crippen molar-refractivity contribution >= 4 is 26.5 Å². The summed E-state index contributed by atoms with van der Waals surface area (Å²) in [6.07, 6.45) is 0. The zero-order valence-electron chi connectivity index (χ0n) is 21.5. The van der Waals surface area contributed by atoms with Crippen molar-refractivity contribution in [2.45, 2.75) is 51.1 Å². The molecule has 4 rings (SSSR count). The Morgan fingerprint density at radius 1 is 0.412 bits per heavy atom. The Balaban J connectivity index is 2.05. The Morgan fingerprint density at radius 2 is 0.706 bits per heavy atom. The quantitative estimate of drug-likeness (QED) is 0.241. The molecule has 0 aliphatic heterocycles. The highest BCUT2D eigenvalue weighted by Gasteiger charge is 2.48. The fourth-order valence-corrected chi connectivity index (χ4v) is 15.5. The molecule has 174 valence electrons. The maximum Gasteiger partial charge on any atom is 0.0883 e. The van der Waals surface area contributed by atoms with Crippen LogP contribution in [0, 0.1) is 13.8 Å². The highest BCUT2D eigenvalue weighted by molar-refractivity contribution is 6.96. The predicted molar refractivity (Wildman–Crippen MR) is 155 cm³/mol. The molecule has 0 amide bonds. The standard InChI is InChI=1S/C32H38Si2/c1-25-17-13-15-23-29(25)31(33(3,4)27-19-9-7-10-20-27)32(30-24-16-14-18-26(30)2)34(5,6)28-21-11-8-12-22-28/h7-24,31-32H,1-6H3. The molecule has 2 unspecified atom stereocenters. The molecule has 0 aliphatic carbocycles. The molecule has 2 atom stereocenters. The first-order valence-corrected chi connectivity index (χ1v) is 18.6. The van der Waals surface area contributed by atoms with Crippen molar-refractivity contribution in [1.29, 1.82) is 0 Å². The summed E-state index contributed by atoms with van der Waals surface area (Å²) < 4.78 is 0. The van der Waals surface area contributed by atoms with Crippen LogP contribution in [0.5, 0.6) is 0 Å². The van der Waals surface area contributed by atoms with Crippen LogP contribution in [0.1, 0.15) is 33.3 Å². The van der Waals surface area contributed by atoms with Gasteiger partial charge in [0.15, 0.2) is 0 Å². The fourth-order valence-electron chi connectivity index (χ4n) is 5.94.